The van der Waals surface area contributed by atoms with Crippen molar-refractivity contribution in [1.29, 1.82) is 0 Å². The lowest BCUT2D eigenvalue weighted by Crippen LogP contribution is -2.44. The van der Waals surface area contributed by atoms with E-state index < -0.39 is 0 Å². The topological polar surface area (TPSA) is 54.0 Å². The van der Waals surface area contributed by atoms with Crippen molar-refractivity contribution < 1.29 is 4.74 Å². The highest BCUT2D eigenvalue weighted by molar-refractivity contribution is 6.29. The van der Waals surface area contributed by atoms with E-state index in [1.165, 1.54) is 0 Å². The Morgan fingerprint density at radius 3 is 2.86 bits per heavy atom. The van der Waals surface area contributed by atoms with Crippen LogP contribution in [0.1, 0.15) is 18.3 Å². The largest absolute Gasteiger partial charge is 0.377 e. The van der Waals surface area contributed by atoms with Crippen LogP contribution in [0.5, 0.6) is 0 Å². The van der Waals surface area contributed by atoms with E-state index in [9.17, 15) is 0 Å². The summed E-state index contributed by atoms with van der Waals surface area (Å²) in [5.74, 6) is 0.897. The smallest absolute Gasteiger partial charge is 0.132 e. The predicted molar refractivity (Wildman–Crippen MR) is 83.9 cm³/mol. The van der Waals surface area contributed by atoms with Gasteiger partial charge in [-0.05, 0) is 38.5 Å². The van der Waals surface area contributed by atoms with E-state index in [2.05, 4.69) is 33.1 Å². The van der Waals surface area contributed by atoms with Crippen molar-refractivity contribution in [3.63, 3.8) is 0 Å². The third kappa shape index (κ3) is 2.76. The van der Waals surface area contributed by atoms with E-state index in [1.54, 1.807) is 0 Å². The van der Waals surface area contributed by atoms with E-state index in [0.717, 1.165) is 41.5 Å². The average molecular weight is 307 g/mol. The molecule has 0 bridgehead atoms. The highest BCUT2D eigenvalue weighted by Gasteiger charge is 2.22. The molecule has 2 aromatic rings. The molecule has 6 heteroatoms. The molecule has 0 saturated carbocycles. The Morgan fingerprint density at radius 1 is 1.38 bits per heavy atom. The fourth-order valence-electron chi connectivity index (χ4n) is 2.82. The summed E-state index contributed by atoms with van der Waals surface area (Å²) in [7, 11) is 0. The lowest BCUT2D eigenvalue weighted by Gasteiger charge is -2.34. The summed E-state index contributed by atoms with van der Waals surface area (Å²) in [6.45, 7) is 8.41. The first-order valence-electron chi connectivity index (χ1n) is 7.10. The highest BCUT2D eigenvalue weighted by Crippen LogP contribution is 2.31. The first kappa shape index (κ1) is 14.4. The Morgan fingerprint density at radius 2 is 2.19 bits per heavy atom. The van der Waals surface area contributed by atoms with E-state index in [0.29, 0.717) is 17.8 Å². The molecule has 0 spiro atoms. The van der Waals surface area contributed by atoms with Gasteiger partial charge in [-0.1, -0.05) is 11.6 Å². The van der Waals surface area contributed by atoms with Gasteiger partial charge in [0.25, 0.3) is 0 Å². The van der Waals surface area contributed by atoms with Gasteiger partial charge in [-0.3, -0.25) is 5.10 Å². The van der Waals surface area contributed by atoms with Gasteiger partial charge in [0.2, 0.25) is 0 Å². The minimum atomic E-state index is 0.295. The van der Waals surface area contributed by atoms with Gasteiger partial charge in [-0.25, -0.2) is 4.98 Å². The van der Waals surface area contributed by atoms with Crippen molar-refractivity contribution in [2.24, 2.45) is 0 Å². The molecule has 1 aliphatic rings. The lowest BCUT2D eigenvalue weighted by molar-refractivity contribution is 0.0985. The van der Waals surface area contributed by atoms with Crippen LogP contribution >= 0.6 is 11.6 Å². The van der Waals surface area contributed by atoms with Crippen LogP contribution in [0.15, 0.2) is 12.1 Å². The normalized spacial score (nSPS) is 19.0. The lowest BCUT2D eigenvalue weighted by atomic mass is 10.0. The Labute approximate surface area is 129 Å². The molecule has 1 fully saturated rings. The summed E-state index contributed by atoms with van der Waals surface area (Å²) < 4.78 is 5.49. The molecule has 112 valence electrons. The molecular formula is C15H19ClN4O. The molecular weight excluding hydrogens is 288 g/mol. The first-order chi connectivity index (χ1) is 10.1. The molecule has 0 radical (unpaired) electrons. The monoisotopic (exact) mass is 306 g/mol. The van der Waals surface area contributed by atoms with Gasteiger partial charge in [0.15, 0.2) is 0 Å². The summed E-state index contributed by atoms with van der Waals surface area (Å²) in [6, 6.07) is 4.27. The standard InChI is InChI=1S/C15H19ClN4O/c1-9-8-21-5-4-20(9)14-7-12(6-13(16)17-14)15-10(2)18-19-11(15)3/h6-7,9H,4-5,8H2,1-3H3,(H,18,19)/t9-/m1/s1. The van der Waals surface area contributed by atoms with Crippen LogP contribution in [0.3, 0.4) is 0 Å². The third-order valence-electron chi connectivity index (χ3n) is 3.86. The SMILES string of the molecule is Cc1n[nH]c(C)c1-c1cc(Cl)nc(N2CCOC[C@H]2C)c1. The number of H-pyrrole nitrogens is 1. The zero-order valence-electron chi connectivity index (χ0n) is 12.5. The van der Waals surface area contributed by atoms with Crippen molar-refractivity contribution >= 4 is 17.4 Å². The Kier molecular flexibility index (Phi) is 3.87. The summed E-state index contributed by atoms with van der Waals surface area (Å²) in [5.41, 5.74) is 4.15. The Balaban J connectivity index is 2.04. The number of hydrogen-bond donors (Lipinski definition) is 1. The second-order valence-corrected chi connectivity index (χ2v) is 5.85. The number of aryl methyl sites for hydroxylation is 2. The van der Waals surface area contributed by atoms with Gasteiger partial charge in [-0.2, -0.15) is 5.10 Å². The zero-order valence-corrected chi connectivity index (χ0v) is 13.2. The van der Waals surface area contributed by atoms with Crippen LogP contribution in [0.4, 0.5) is 5.82 Å². The molecule has 21 heavy (non-hydrogen) atoms. The van der Waals surface area contributed by atoms with Gasteiger partial charge in [-0.15, -0.1) is 0 Å². The quantitative estimate of drug-likeness (QED) is 0.867. The van der Waals surface area contributed by atoms with Crippen molar-refractivity contribution in [3.8, 4) is 11.1 Å². The number of rotatable bonds is 2. The van der Waals surface area contributed by atoms with Crippen molar-refractivity contribution in [3.05, 3.63) is 28.7 Å². The summed E-state index contributed by atoms with van der Waals surface area (Å²) in [4.78, 5) is 6.72. The molecule has 0 aliphatic carbocycles. The minimum absolute atomic E-state index is 0.295. The van der Waals surface area contributed by atoms with Gasteiger partial charge in [0.05, 0.1) is 24.9 Å². The second-order valence-electron chi connectivity index (χ2n) is 5.46. The number of hydrogen-bond acceptors (Lipinski definition) is 4. The van der Waals surface area contributed by atoms with Gasteiger partial charge in [0, 0.05) is 17.8 Å². The number of pyridine rings is 1. The molecule has 1 saturated heterocycles. The number of nitrogens with one attached hydrogen (secondary N) is 1. The number of nitrogens with zero attached hydrogens (tertiary/aromatic N) is 3. The number of morpholine rings is 1. The molecule has 2 aromatic heterocycles. The molecule has 1 atom stereocenters. The van der Waals surface area contributed by atoms with Crippen LogP contribution in [-0.4, -0.2) is 41.0 Å². The number of anilines is 1. The molecule has 0 aromatic carbocycles. The third-order valence-corrected chi connectivity index (χ3v) is 4.05. The fourth-order valence-corrected chi connectivity index (χ4v) is 3.02. The van der Waals surface area contributed by atoms with Gasteiger partial charge < -0.3 is 9.64 Å². The van der Waals surface area contributed by atoms with Crippen LogP contribution < -0.4 is 4.90 Å². The Bertz CT molecular complexity index is 636. The van der Waals surface area contributed by atoms with Crippen molar-refractivity contribution in [2.75, 3.05) is 24.7 Å². The number of aromatic nitrogens is 3. The highest BCUT2D eigenvalue weighted by atomic mass is 35.5. The molecule has 1 N–H and O–H groups in total. The van der Waals surface area contributed by atoms with Crippen molar-refractivity contribution in [1.82, 2.24) is 15.2 Å². The maximum atomic E-state index is 6.24. The summed E-state index contributed by atoms with van der Waals surface area (Å²) >= 11 is 6.24. The maximum absolute atomic E-state index is 6.24. The van der Waals surface area contributed by atoms with Gasteiger partial charge >= 0.3 is 0 Å². The molecule has 1 aliphatic heterocycles. The Hall–Kier alpha value is -1.59. The minimum Gasteiger partial charge on any atom is -0.377 e. The predicted octanol–water partition coefficient (Wildman–Crippen LogP) is 2.97. The number of ether oxygens (including phenoxy) is 1. The van der Waals surface area contributed by atoms with Crippen molar-refractivity contribution in [2.45, 2.75) is 26.8 Å². The molecule has 0 amide bonds. The molecule has 3 rings (SSSR count). The molecule has 0 unspecified atom stereocenters. The average Bonchev–Trinajstić information content (AvgIpc) is 2.78. The van der Waals surface area contributed by atoms with E-state index in [1.807, 2.05) is 19.9 Å². The maximum Gasteiger partial charge on any atom is 0.132 e. The second kappa shape index (κ2) is 5.66. The van der Waals surface area contributed by atoms with E-state index in [4.69, 9.17) is 16.3 Å². The molecule has 3 heterocycles. The van der Waals surface area contributed by atoms with Gasteiger partial charge in [0.1, 0.15) is 11.0 Å². The van der Waals surface area contributed by atoms with Crippen LogP contribution in [-0.2, 0) is 4.74 Å². The van der Waals surface area contributed by atoms with Crippen LogP contribution in [0.25, 0.3) is 11.1 Å². The zero-order chi connectivity index (χ0) is 15.0. The summed E-state index contributed by atoms with van der Waals surface area (Å²) in [6.07, 6.45) is 0. The number of halogens is 1. The van der Waals surface area contributed by atoms with Crippen LogP contribution in [0.2, 0.25) is 5.15 Å². The first-order valence-corrected chi connectivity index (χ1v) is 7.48. The van der Waals surface area contributed by atoms with Crippen LogP contribution in [0, 0.1) is 13.8 Å². The van der Waals surface area contributed by atoms with E-state index >= 15 is 0 Å². The molecule has 5 nitrogen and oxygen atoms in total. The number of aromatic amines is 1. The summed E-state index contributed by atoms with van der Waals surface area (Å²) in [5, 5.41) is 7.77. The fraction of sp³-hybridized carbons (Fsp3) is 0.467. The van der Waals surface area contributed by atoms with E-state index in [-0.39, 0.29) is 0 Å².